The van der Waals surface area contributed by atoms with Crippen molar-refractivity contribution in [3.8, 4) is 6.07 Å². The number of carbonyl (C=O) groups excluding carboxylic acids is 1. The summed E-state index contributed by atoms with van der Waals surface area (Å²) in [4.78, 5) is 22.2. The van der Waals surface area contributed by atoms with Crippen molar-refractivity contribution < 1.29 is 9.53 Å². The second-order valence-electron chi connectivity index (χ2n) is 4.43. The predicted octanol–water partition coefficient (Wildman–Crippen LogP) is 0.0797. The number of nitrogens with one attached hydrogen (secondary N) is 1. The Labute approximate surface area is 117 Å². The van der Waals surface area contributed by atoms with Crippen LogP contribution in [0, 0.1) is 11.3 Å². The number of hydrogen-bond acceptors (Lipinski definition) is 6. The molecule has 1 aromatic rings. The SMILES string of the molecule is CCCNC(=O)C1COCCN1c1nccc(C#N)n1. The minimum atomic E-state index is -0.454. The predicted molar refractivity (Wildman–Crippen MR) is 72.0 cm³/mol. The van der Waals surface area contributed by atoms with E-state index in [9.17, 15) is 4.79 Å². The first-order chi connectivity index (χ1) is 9.76. The van der Waals surface area contributed by atoms with Crippen LogP contribution in [0.5, 0.6) is 0 Å². The van der Waals surface area contributed by atoms with Crippen LogP contribution in [-0.4, -0.2) is 48.2 Å². The molecule has 0 spiro atoms. The van der Waals surface area contributed by atoms with Gasteiger partial charge in [0, 0.05) is 19.3 Å². The number of aromatic nitrogens is 2. The number of nitriles is 1. The lowest BCUT2D eigenvalue weighted by molar-refractivity contribution is -0.124. The maximum absolute atomic E-state index is 12.1. The average Bonchev–Trinajstić information content (AvgIpc) is 2.52. The molecule has 0 bridgehead atoms. The van der Waals surface area contributed by atoms with Crippen LogP contribution in [0.4, 0.5) is 5.95 Å². The quantitative estimate of drug-likeness (QED) is 0.836. The Kier molecular flexibility index (Phi) is 4.85. The van der Waals surface area contributed by atoms with Gasteiger partial charge >= 0.3 is 0 Å². The third-order valence-electron chi connectivity index (χ3n) is 2.99. The molecule has 2 heterocycles. The number of rotatable bonds is 4. The van der Waals surface area contributed by atoms with Crippen LogP contribution in [0.3, 0.4) is 0 Å². The number of nitrogens with zero attached hydrogens (tertiary/aromatic N) is 4. The molecular weight excluding hydrogens is 258 g/mol. The fourth-order valence-corrected chi connectivity index (χ4v) is 1.98. The van der Waals surface area contributed by atoms with Gasteiger partial charge in [0.1, 0.15) is 17.8 Å². The Bertz CT molecular complexity index is 514. The zero-order chi connectivity index (χ0) is 14.4. The Balaban J connectivity index is 2.17. The van der Waals surface area contributed by atoms with Crippen LogP contribution in [0.1, 0.15) is 19.0 Å². The van der Waals surface area contributed by atoms with Gasteiger partial charge in [-0.3, -0.25) is 4.79 Å². The van der Waals surface area contributed by atoms with Crippen LogP contribution in [-0.2, 0) is 9.53 Å². The number of amides is 1. The maximum atomic E-state index is 12.1. The van der Waals surface area contributed by atoms with E-state index in [2.05, 4.69) is 15.3 Å². The van der Waals surface area contributed by atoms with Gasteiger partial charge in [0.25, 0.3) is 0 Å². The molecule has 0 aliphatic carbocycles. The molecular formula is C13H17N5O2. The van der Waals surface area contributed by atoms with E-state index in [1.807, 2.05) is 13.0 Å². The molecule has 1 aliphatic rings. The molecule has 0 saturated carbocycles. The van der Waals surface area contributed by atoms with Crippen molar-refractivity contribution >= 4 is 11.9 Å². The summed E-state index contributed by atoms with van der Waals surface area (Å²) >= 11 is 0. The molecule has 1 atom stereocenters. The third kappa shape index (κ3) is 3.22. The van der Waals surface area contributed by atoms with E-state index >= 15 is 0 Å². The van der Waals surface area contributed by atoms with E-state index < -0.39 is 6.04 Å². The number of morpholine rings is 1. The van der Waals surface area contributed by atoms with Gasteiger partial charge in [-0.25, -0.2) is 9.97 Å². The highest BCUT2D eigenvalue weighted by molar-refractivity contribution is 5.85. The molecule has 0 aromatic carbocycles. The summed E-state index contributed by atoms with van der Waals surface area (Å²) in [6, 6.07) is 3.06. The zero-order valence-electron chi connectivity index (χ0n) is 11.4. The van der Waals surface area contributed by atoms with Crippen molar-refractivity contribution in [2.24, 2.45) is 0 Å². The molecule has 1 aliphatic heterocycles. The van der Waals surface area contributed by atoms with Gasteiger partial charge < -0.3 is 15.0 Å². The number of carbonyl (C=O) groups is 1. The topological polar surface area (TPSA) is 91.1 Å². The average molecular weight is 275 g/mol. The smallest absolute Gasteiger partial charge is 0.245 e. The van der Waals surface area contributed by atoms with Gasteiger partial charge in [0.05, 0.1) is 13.2 Å². The van der Waals surface area contributed by atoms with Crippen LogP contribution in [0.15, 0.2) is 12.3 Å². The summed E-state index contributed by atoms with van der Waals surface area (Å²) < 4.78 is 5.37. The summed E-state index contributed by atoms with van der Waals surface area (Å²) in [6.07, 6.45) is 2.40. The normalized spacial score (nSPS) is 18.4. The molecule has 106 valence electrons. The molecule has 1 unspecified atom stereocenters. The van der Waals surface area contributed by atoms with Gasteiger partial charge in [-0.2, -0.15) is 5.26 Å². The number of ether oxygens (including phenoxy) is 1. The summed E-state index contributed by atoms with van der Waals surface area (Å²) in [6.45, 7) is 3.96. The monoisotopic (exact) mass is 275 g/mol. The summed E-state index contributed by atoms with van der Waals surface area (Å²) in [7, 11) is 0. The van der Waals surface area contributed by atoms with Crippen LogP contribution in [0.2, 0.25) is 0 Å². The van der Waals surface area contributed by atoms with Crippen molar-refractivity contribution in [1.29, 1.82) is 5.26 Å². The molecule has 1 fully saturated rings. The summed E-state index contributed by atoms with van der Waals surface area (Å²) in [5.41, 5.74) is 0.286. The van der Waals surface area contributed by atoms with E-state index in [4.69, 9.17) is 10.00 Å². The Morgan fingerprint density at radius 3 is 3.30 bits per heavy atom. The minimum Gasteiger partial charge on any atom is -0.377 e. The molecule has 1 aromatic heterocycles. The van der Waals surface area contributed by atoms with E-state index in [0.29, 0.717) is 32.3 Å². The molecule has 7 heteroatoms. The highest BCUT2D eigenvalue weighted by atomic mass is 16.5. The third-order valence-corrected chi connectivity index (χ3v) is 2.99. The standard InChI is InChI=1S/C13H17N5O2/c1-2-4-15-12(19)11-9-20-7-6-18(11)13-16-5-3-10(8-14)17-13/h3,5,11H,2,4,6-7,9H2,1H3,(H,15,19). The zero-order valence-corrected chi connectivity index (χ0v) is 11.4. The second kappa shape index (κ2) is 6.82. The summed E-state index contributed by atoms with van der Waals surface area (Å²) in [5.74, 6) is 0.293. The van der Waals surface area contributed by atoms with Crippen molar-refractivity contribution in [2.45, 2.75) is 19.4 Å². The van der Waals surface area contributed by atoms with Crippen molar-refractivity contribution in [1.82, 2.24) is 15.3 Å². The fourth-order valence-electron chi connectivity index (χ4n) is 1.98. The lowest BCUT2D eigenvalue weighted by atomic mass is 10.2. The minimum absolute atomic E-state index is 0.0995. The van der Waals surface area contributed by atoms with Gasteiger partial charge in [0.15, 0.2) is 0 Å². The highest BCUT2D eigenvalue weighted by Gasteiger charge is 2.31. The van der Waals surface area contributed by atoms with Crippen molar-refractivity contribution in [3.63, 3.8) is 0 Å². The number of anilines is 1. The Morgan fingerprint density at radius 2 is 2.55 bits per heavy atom. The molecule has 2 rings (SSSR count). The van der Waals surface area contributed by atoms with Crippen LogP contribution in [0.25, 0.3) is 0 Å². The van der Waals surface area contributed by atoms with Gasteiger partial charge in [-0.15, -0.1) is 0 Å². The van der Waals surface area contributed by atoms with Crippen molar-refractivity contribution in [3.05, 3.63) is 18.0 Å². The highest BCUT2D eigenvalue weighted by Crippen LogP contribution is 2.15. The Morgan fingerprint density at radius 1 is 1.70 bits per heavy atom. The Hall–Kier alpha value is -2.20. The van der Waals surface area contributed by atoms with Crippen LogP contribution < -0.4 is 10.2 Å². The van der Waals surface area contributed by atoms with E-state index in [0.717, 1.165) is 6.42 Å². The molecule has 0 radical (unpaired) electrons. The maximum Gasteiger partial charge on any atom is 0.245 e. The first-order valence-corrected chi connectivity index (χ1v) is 6.61. The first kappa shape index (κ1) is 14.2. The molecule has 1 saturated heterocycles. The van der Waals surface area contributed by atoms with E-state index in [1.54, 1.807) is 4.90 Å². The van der Waals surface area contributed by atoms with Crippen LogP contribution >= 0.6 is 0 Å². The number of hydrogen-bond donors (Lipinski definition) is 1. The molecule has 1 amide bonds. The second-order valence-corrected chi connectivity index (χ2v) is 4.43. The molecule has 20 heavy (non-hydrogen) atoms. The first-order valence-electron chi connectivity index (χ1n) is 6.61. The van der Waals surface area contributed by atoms with Gasteiger partial charge in [-0.1, -0.05) is 6.92 Å². The van der Waals surface area contributed by atoms with Gasteiger partial charge in [-0.05, 0) is 12.5 Å². The fraction of sp³-hybridized carbons (Fsp3) is 0.538. The van der Waals surface area contributed by atoms with Crippen molar-refractivity contribution in [2.75, 3.05) is 31.2 Å². The lowest BCUT2D eigenvalue weighted by Gasteiger charge is -2.34. The lowest BCUT2D eigenvalue weighted by Crippen LogP contribution is -2.54. The molecule has 7 nitrogen and oxygen atoms in total. The summed E-state index contributed by atoms with van der Waals surface area (Å²) in [5, 5.41) is 11.7. The van der Waals surface area contributed by atoms with Gasteiger partial charge in [0.2, 0.25) is 11.9 Å². The van der Waals surface area contributed by atoms with E-state index in [-0.39, 0.29) is 11.6 Å². The largest absolute Gasteiger partial charge is 0.377 e. The molecule has 1 N–H and O–H groups in total. The van der Waals surface area contributed by atoms with E-state index in [1.165, 1.54) is 12.3 Å².